The van der Waals surface area contributed by atoms with E-state index in [1.807, 2.05) is 0 Å². The largest absolute Gasteiger partial charge is 0.534 e. The van der Waals surface area contributed by atoms with Crippen molar-refractivity contribution < 1.29 is 25.8 Å². The van der Waals surface area contributed by atoms with E-state index >= 15 is 0 Å². The fourth-order valence-electron chi connectivity index (χ4n) is 1.28. The number of hydrogen-bond donors (Lipinski definition) is 0. The lowest BCUT2D eigenvalue weighted by Crippen LogP contribution is -2.29. The van der Waals surface area contributed by atoms with Gasteiger partial charge in [-0.05, 0) is 12.1 Å². The van der Waals surface area contributed by atoms with Gasteiger partial charge in [-0.1, -0.05) is 18.2 Å². The Morgan fingerprint density at radius 2 is 1.79 bits per heavy atom. The molecule has 19 heavy (non-hydrogen) atoms. The van der Waals surface area contributed by atoms with Crippen molar-refractivity contribution >= 4 is 10.1 Å². The van der Waals surface area contributed by atoms with Crippen LogP contribution < -0.4 is 4.18 Å². The van der Waals surface area contributed by atoms with Gasteiger partial charge >= 0.3 is 21.6 Å². The number of rotatable bonds is 3. The van der Waals surface area contributed by atoms with E-state index in [1.54, 1.807) is 30.3 Å². The molecule has 0 atom stereocenters. The van der Waals surface area contributed by atoms with Gasteiger partial charge in [0, 0.05) is 12.4 Å². The van der Waals surface area contributed by atoms with Gasteiger partial charge in [0.25, 0.3) is 0 Å². The van der Waals surface area contributed by atoms with E-state index in [1.165, 1.54) is 6.20 Å². The summed E-state index contributed by atoms with van der Waals surface area (Å²) in [5.41, 5.74) is -5.08. The summed E-state index contributed by atoms with van der Waals surface area (Å²) < 4.78 is 63.5. The van der Waals surface area contributed by atoms with E-state index in [-0.39, 0.29) is 0 Å². The Kier molecular flexibility index (Phi) is 3.23. The molecule has 2 aromatic rings. The normalized spacial score (nSPS) is 12.4. The Hall–Kier alpha value is -2.03. The third-order valence-electron chi connectivity index (χ3n) is 2.11. The van der Waals surface area contributed by atoms with Crippen LogP contribution >= 0.6 is 0 Å². The van der Waals surface area contributed by atoms with Gasteiger partial charge in [-0.15, -0.1) is 0 Å². The van der Waals surface area contributed by atoms with Gasteiger partial charge in [0.15, 0.2) is 0 Å². The minimum Gasteiger partial charge on any atom is -0.338 e. The van der Waals surface area contributed by atoms with E-state index < -0.39 is 21.6 Å². The number of para-hydroxylation sites is 1. The molecule has 0 N–H and O–H groups in total. The van der Waals surface area contributed by atoms with Gasteiger partial charge in [0.2, 0.25) is 0 Å². The summed E-state index contributed by atoms with van der Waals surface area (Å²) >= 11 is 0. The molecule has 5 nitrogen and oxygen atoms in total. The first kappa shape index (κ1) is 13.4. The number of alkyl halides is 3. The standard InChI is InChI=1S/C10H7F3N2O3S/c11-10(12,13)19(16,17)18-9-14-6-7-15(9)8-4-2-1-3-5-8/h1-7H. The topological polar surface area (TPSA) is 61.2 Å². The fraction of sp³-hybridized carbons (Fsp3) is 0.100. The van der Waals surface area contributed by atoms with Crippen molar-refractivity contribution in [3.8, 4) is 11.7 Å². The molecule has 0 bridgehead atoms. The zero-order valence-electron chi connectivity index (χ0n) is 9.20. The van der Waals surface area contributed by atoms with Crippen molar-refractivity contribution in [2.24, 2.45) is 0 Å². The van der Waals surface area contributed by atoms with Crippen LogP contribution in [0.25, 0.3) is 5.69 Å². The molecule has 0 radical (unpaired) electrons. The molecule has 0 saturated carbocycles. The second-order valence-electron chi connectivity index (χ2n) is 3.40. The Morgan fingerprint density at radius 3 is 2.37 bits per heavy atom. The number of aromatic nitrogens is 2. The Morgan fingerprint density at radius 1 is 1.16 bits per heavy atom. The van der Waals surface area contributed by atoms with Crippen LogP contribution in [0, 0.1) is 0 Å². The number of benzene rings is 1. The zero-order chi connectivity index (χ0) is 14.1. The second-order valence-corrected chi connectivity index (χ2v) is 4.94. The second kappa shape index (κ2) is 4.57. The monoisotopic (exact) mass is 292 g/mol. The maximum atomic E-state index is 12.2. The Balaban J connectivity index is 2.38. The predicted molar refractivity (Wildman–Crippen MR) is 59.2 cm³/mol. The lowest BCUT2D eigenvalue weighted by atomic mass is 10.3. The average molecular weight is 292 g/mol. The summed E-state index contributed by atoms with van der Waals surface area (Å²) in [6.45, 7) is 0. The van der Waals surface area contributed by atoms with Crippen LogP contribution in [-0.4, -0.2) is 23.5 Å². The molecule has 0 aliphatic rings. The number of halogens is 3. The summed E-state index contributed by atoms with van der Waals surface area (Å²) in [7, 11) is -5.73. The Labute approximate surface area is 106 Å². The molecule has 9 heteroatoms. The molecule has 0 unspecified atom stereocenters. The first-order valence-corrected chi connectivity index (χ1v) is 6.31. The highest BCUT2D eigenvalue weighted by Gasteiger charge is 2.49. The summed E-state index contributed by atoms with van der Waals surface area (Å²) in [4.78, 5) is 3.45. The van der Waals surface area contributed by atoms with Crippen LogP contribution in [0.1, 0.15) is 0 Å². The van der Waals surface area contributed by atoms with E-state index in [0.717, 1.165) is 10.8 Å². The quantitative estimate of drug-likeness (QED) is 0.642. The van der Waals surface area contributed by atoms with Gasteiger partial charge in [-0.3, -0.25) is 4.57 Å². The summed E-state index contributed by atoms with van der Waals surface area (Å²) in [6, 6.07) is 7.43. The zero-order valence-corrected chi connectivity index (χ0v) is 10.0. The summed E-state index contributed by atoms with van der Waals surface area (Å²) in [6.07, 6.45) is 2.42. The average Bonchev–Trinajstić information content (AvgIpc) is 2.76. The fourth-order valence-corrected chi connectivity index (χ4v) is 1.70. The van der Waals surface area contributed by atoms with Gasteiger partial charge in [0.1, 0.15) is 0 Å². The van der Waals surface area contributed by atoms with Crippen molar-refractivity contribution in [3.05, 3.63) is 42.7 Å². The molecule has 0 saturated heterocycles. The van der Waals surface area contributed by atoms with Gasteiger partial charge in [-0.25, -0.2) is 4.98 Å². The van der Waals surface area contributed by atoms with Crippen LogP contribution in [-0.2, 0) is 10.1 Å². The minimum atomic E-state index is -5.73. The molecule has 1 heterocycles. The van der Waals surface area contributed by atoms with Gasteiger partial charge in [0.05, 0.1) is 5.69 Å². The number of hydrogen-bond acceptors (Lipinski definition) is 4. The van der Waals surface area contributed by atoms with Crippen molar-refractivity contribution in [2.75, 3.05) is 0 Å². The van der Waals surface area contributed by atoms with E-state index in [0.29, 0.717) is 5.69 Å². The maximum Gasteiger partial charge on any atom is 0.534 e. The summed E-state index contributed by atoms with van der Waals surface area (Å²) in [5, 5.41) is 0. The lowest BCUT2D eigenvalue weighted by molar-refractivity contribution is -0.0503. The third-order valence-corrected chi connectivity index (χ3v) is 3.04. The van der Waals surface area contributed by atoms with Crippen LogP contribution in [0.3, 0.4) is 0 Å². The van der Waals surface area contributed by atoms with Crippen molar-refractivity contribution in [3.63, 3.8) is 0 Å². The summed E-state index contributed by atoms with van der Waals surface area (Å²) in [5.74, 6) is 0. The predicted octanol–water partition coefficient (Wildman–Crippen LogP) is 2.10. The molecular weight excluding hydrogens is 285 g/mol. The van der Waals surface area contributed by atoms with Gasteiger partial charge in [-0.2, -0.15) is 21.6 Å². The molecule has 1 aromatic heterocycles. The van der Waals surface area contributed by atoms with Crippen molar-refractivity contribution in [1.29, 1.82) is 0 Å². The van der Waals surface area contributed by atoms with Crippen LogP contribution in [0.15, 0.2) is 42.7 Å². The smallest absolute Gasteiger partial charge is 0.338 e. The first-order valence-electron chi connectivity index (χ1n) is 4.91. The van der Waals surface area contributed by atoms with E-state index in [4.69, 9.17) is 0 Å². The molecule has 102 valence electrons. The van der Waals surface area contributed by atoms with Crippen LogP contribution in [0.5, 0.6) is 6.01 Å². The molecule has 0 aliphatic heterocycles. The lowest BCUT2D eigenvalue weighted by Gasteiger charge is -2.10. The highest BCUT2D eigenvalue weighted by Crippen LogP contribution is 2.27. The highest BCUT2D eigenvalue weighted by atomic mass is 32.2. The van der Waals surface area contributed by atoms with Crippen LogP contribution in [0.2, 0.25) is 0 Å². The van der Waals surface area contributed by atoms with Gasteiger partial charge < -0.3 is 4.18 Å². The first-order chi connectivity index (χ1) is 8.81. The number of nitrogens with zero attached hydrogens (tertiary/aromatic N) is 2. The highest BCUT2D eigenvalue weighted by molar-refractivity contribution is 7.87. The molecule has 2 rings (SSSR count). The van der Waals surface area contributed by atoms with E-state index in [9.17, 15) is 21.6 Å². The maximum absolute atomic E-state index is 12.2. The van der Waals surface area contributed by atoms with Crippen LogP contribution in [0.4, 0.5) is 13.2 Å². The molecular formula is C10H7F3N2O3S. The minimum absolute atomic E-state index is 0.423. The molecule has 0 spiro atoms. The van der Waals surface area contributed by atoms with Crippen molar-refractivity contribution in [1.82, 2.24) is 9.55 Å². The van der Waals surface area contributed by atoms with E-state index in [2.05, 4.69) is 9.17 Å². The Bertz CT molecular complexity index is 665. The molecule has 0 fully saturated rings. The third kappa shape index (κ3) is 2.70. The molecule has 0 amide bonds. The SMILES string of the molecule is O=S(=O)(Oc1nccn1-c1ccccc1)C(F)(F)F. The van der Waals surface area contributed by atoms with Crippen molar-refractivity contribution in [2.45, 2.75) is 5.51 Å². The molecule has 1 aromatic carbocycles. The molecule has 0 aliphatic carbocycles. The number of imidazole rings is 1.